The summed E-state index contributed by atoms with van der Waals surface area (Å²) in [4.78, 5) is 47.6. The maximum atomic E-state index is 12.8. The molecular formula is C20H19N5O4S. The van der Waals surface area contributed by atoms with Gasteiger partial charge in [-0.15, -0.1) is 11.3 Å². The van der Waals surface area contributed by atoms with Crippen molar-refractivity contribution in [1.29, 1.82) is 0 Å². The lowest BCUT2D eigenvalue weighted by atomic mass is 9.98. The van der Waals surface area contributed by atoms with Crippen LogP contribution in [0.1, 0.15) is 28.8 Å². The molecule has 3 aromatic rings. The molecule has 0 bridgehead atoms. The molecule has 1 amide bonds. The average Bonchev–Trinajstić information content (AvgIpc) is 3.29. The Balaban J connectivity index is 1.55. The van der Waals surface area contributed by atoms with Gasteiger partial charge in [0.25, 0.3) is 0 Å². The summed E-state index contributed by atoms with van der Waals surface area (Å²) in [6.07, 6.45) is 5.00. The Morgan fingerprint density at radius 1 is 1.30 bits per heavy atom. The molecule has 4 heterocycles. The standard InChI is InChI=1S/C20H19N5O4S/c1-10-6-14(24-7-11(8-24)18(27)22-12-2-3-12)23-17-15(10)16(26)13(19(28)29)9-25(17)20-21-4-5-30-20/h4-6,9,11-12H,2-3,7-8H2,1H3,(H,22,27)(H,28,29). The van der Waals surface area contributed by atoms with Crippen LogP contribution in [0.5, 0.6) is 0 Å². The number of rotatable bonds is 5. The summed E-state index contributed by atoms with van der Waals surface area (Å²) < 4.78 is 1.55. The van der Waals surface area contributed by atoms with Crippen LogP contribution in [-0.2, 0) is 4.79 Å². The number of carboxylic acids is 1. The van der Waals surface area contributed by atoms with E-state index in [1.807, 2.05) is 4.90 Å². The molecule has 9 nitrogen and oxygen atoms in total. The average molecular weight is 425 g/mol. The van der Waals surface area contributed by atoms with Crippen LogP contribution in [0, 0.1) is 12.8 Å². The number of nitrogens with zero attached hydrogens (tertiary/aromatic N) is 4. The van der Waals surface area contributed by atoms with E-state index in [0.29, 0.717) is 41.3 Å². The third kappa shape index (κ3) is 3.13. The van der Waals surface area contributed by atoms with Gasteiger partial charge >= 0.3 is 5.97 Å². The van der Waals surface area contributed by atoms with Crippen molar-refractivity contribution in [2.45, 2.75) is 25.8 Å². The van der Waals surface area contributed by atoms with Crippen molar-refractivity contribution in [2.75, 3.05) is 18.0 Å². The van der Waals surface area contributed by atoms with Gasteiger partial charge in [0.05, 0.1) is 11.3 Å². The third-order valence-electron chi connectivity index (χ3n) is 5.50. The van der Waals surface area contributed by atoms with Crippen molar-refractivity contribution < 1.29 is 14.7 Å². The molecule has 1 aliphatic carbocycles. The van der Waals surface area contributed by atoms with E-state index in [9.17, 15) is 19.5 Å². The molecule has 0 atom stereocenters. The number of anilines is 1. The molecule has 154 valence electrons. The number of aromatic carboxylic acids is 1. The van der Waals surface area contributed by atoms with Crippen LogP contribution in [-0.4, -0.2) is 50.6 Å². The number of pyridine rings is 2. The van der Waals surface area contributed by atoms with Crippen molar-refractivity contribution in [3.63, 3.8) is 0 Å². The molecule has 1 saturated carbocycles. The van der Waals surface area contributed by atoms with Crippen LogP contribution < -0.4 is 15.6 Å². The first-order valence-electron chi connectivity index (χ1n) is 9.68. The first-order chi connectivity index (χ1) is 14.4. The van der Waals surface area contributed by atoms with Gasteiger partial charge in [0.2, 0.25) is 11.3 Å². The normalized spacial score (nSPS) is 16.5. The SMILES string of the molecule is Cc1cc(N2CC(C(=O)NC3CC3)C2)nc2c1c(=O)c(C(=O)O)cn2-c1nccs1. The highest BCUT2D eigenvalue weighted by atomic mass is 32.1. The van der Waals surface area contributed by atoms with E-state index in [4.69, 9.17) is 0 Å². The number of carbonyl (C=O) groups excluding carboxylic acids is 1. The molecule has 0 radical (unpaired) electrons. The largest absolute Gasteiger partial charge is 0.477 e. The molecule has 0 unspecified atom stereocenters. The van der Waals surface area contributed by atoms with Gasteiger partial charge in [-0.3, -0.25) is 14.2 Å². The maximum absolute atomic E-state index is 12.8. The molecular weight excluding hydrogens is 406 g/mol. The Kier molecular flexibility index (Phi) is 4.31. The second-order valence-electron chi connectivity index (χ2n) is 7.74. The molecule has 1 saturated heterocycles. The fourth-order valence-electron chi connectivity index (χ4n) is 3.65. The predicted molar refractivity (Wildman–Crippen MR) is 112 cm³/mol. The molecule has 10 heteroatoms. The van der Waals surface area contributed by atoms with E-state index in [1.165, 1.54) is 17.5 Å². The first kappa shape index (κ1) is 18.7. The summed E-state index contributed by atoms with van der Waals surface area (Å²) in [6.45, 7) is 2.89. The number of aromatic nitrogens is 3. The molecule has 5 rings (SSSR count). The zero-order chi connectivity index (χ0) is 21.0. The first-order valence-corrected chi connectivity index (χ1v) is 10.6. The van der Waals surface area contributed by atoms with Gasteiger partial charge < -0.3 is 15.3 Å². The second-order valence-corrected chi connectivity index (χ2v) is 8.62. The monoisotopic (exact) mass is 425 g/mol. The summed E-state index contributed by atoms with van der Waals surface area (Å²) in [5.74, 6) is -0.623. The number of aryl methyl sites for hydroxylation is 1. The highest BCUT2D eigenvalue weighted by Crippen LogP contribution is 2.29. The smallest absolute Gasteiger partial charge is 0.341 e. The lowest BCUT2D eigenvalue weighted by Gasteiger charge is -2.39. The van der Waals surface area contributed by atoms with Gasteiger partial charge in [-0.2, -0.15) is 0 Å². The summed E-state index contributed by atoms with van der Waals surface area (Å²) in [5.41, 5.74) is 0.114. The van der Waals surface area contributed by atoms with Crippen molar-refractivity contribution >= 4 is 40.1 Å². The number of hydrogen-bond acceptors (Lipinski definition) is 7. The van der Waals surface area contributed by atoms with Gasteiger partial charge in [-0.25, -0.2) is 14.8 Å². The van der Waals surface area contributed by atoms with Crippen LogP contribution in [0.3, 0.4) is 0 Å². The van der Waals surface area contributed by atoms with E-state index < -0.39 is 11.4 Å². The molecule has 2 aliphatic rings. The number of amides is 1. The minimum absolute atomic E-state index is 0.0704. The number of thiazole rings is 1. The molecule has 30 heavy (non-hydrogen) atoms. The zero-order valence-corrected chi connectivity index (χ0v) is 17.0. The number of fused-ring (bicyclic) bond motifs is 1. The Morgan fingerprint density at radius 2 is 2.07 bits per heavy atom. The molecule has 2 N–H and O–H groups in total. The second kappa shape index (κ2) is 6.91. The van der Waals surface area contributed by atoms with E-state index >= 15 is 0 Å². The molecule has 1 aliphatic heterocycles. The van der Waals surface area contributed by atoms with Crippen LogP contribution in [0.2, 0.25) is 0 Å². The summed E-state index contributed by atoms with van der Waals surface area (Å²) in [5, 5.41) is 15.1. The number of carboxylic acid groups (broad SMARTS) is 1. The van der Waals surface area contributed by atoms with Crippen molar-refractivity contribution in [3.05, 3.63) is 45.2 Å². The van der Waals surface area contributed by atoms with Gasteiger partial charge in [0.15, 0.2) is 10.8 Å². The Bertz CT molecular complexity index is 1230. The highest BCUT2D eigenvalue weighted by Gasteiger charge is 2.36. The predicted octanol–water partition coefficient (Wildman–Crippen LogP) is 1.56. The minimum atomic E-state index is -1.29. The van der Waals surface area contributed by atoms with Gasteiger partial charge in [-0.05, 0) is 31.4 Å². The third-order valence-corrected chi connectivity index (χ3v) is 6.27. The van der Waals surface area contributed by atoms with Gasteiger partial charge in [-0.1, -0.05) is 0 Å². The molecule has 0 aromatic carbocycles. The van der Waals surface area contributed by atoms with Crippen LogP contribution in [0.25, 0.3) is 16.2 Å². The van der Waals surface area contributed by atoms with Crippen LogP contribution in [0.4, 0.5) is 5.82 Å². The lowest BCUT2D eigenvalue weighted by Crippen LogP contribution is -2.54. The van der Waals surface area contributed by atoms with Gasteiger partial charge in [0.1, 0.15) is 11.4 Å². The fourth-order valence-corrected chi connectivity index (χ4v) is 4.27. The quantitative estimate of drug-likeness (QED) is 0.637. The summed E-state index contributed by atoms with van der Waals surface area (Å²) in [6, 6.07) is 2.11. The fraction of sp³-hybridized carbons (Fsp3) is 0.350. The van der Waals surface area contributed by atoms with E-state index in [1.54, 1.807) is 29.1 Å². The maximum Gasteiger partial charge on any atom is 0.341 e. The van der Waals surface area contributed by atoms with Crippen molar-refractivity contribution in [2.24, 2.45) is 5.92 Å². The van der Waals surface area contributed by atoms with Crippen LogP contribution in [0.15, 0.2) is 28.6 Å². The topological polar surface area (TPSA) is 117 Å². The van der Waals surface area contributed by atoms with E-state index in [-0.39, 0.29) is 22.8 Å². The van der Waals surface area contributed by atoms with E-state index in [0.717, 1.165) is 12.8 Å². The number of carbonyl (C=O) groups is 2. The number of hydrogen-bond donors (Lipinski definition) is 2. The Hall–Kier alpha value is -3.27. The lowest BCUT2D eigenvalue weighted by molar-refractivity contribution is -0.125. The molecule has 2 fully saturated rings. The van der Waals surface area contributed by atoms with Crippen molar-refractivity contribution in [3.8, 4) is 5.13 Å². The Morgan fingerprint density at radius 3 is 2.70 bits per heavy atom. The summed E-state index contributed by atoms with van der Waals surface area (Å²) in [7, 11) is 0. The van der Waals surface area contributed by atoms with Gasteiger partial charge in [0, 0.05) is 36.9 Å². The minimum Gasteiger partial charge on any atom is -0.477 e. The zero-order valence-electron chi connectivity index (χ0n) is 16.2. The summed E-state index contributed by atoms with van der Waals surface area (Å²) >= 11 is 1.32. The van der Waals surface area contributed by atoms with Crippen molar-refractivity contribution in [1.82, 2.24) is 19.9 Å². The number of nitrogens with one attached hydrogen (secondary N) is 1. The molecule has 3 aromatic heterocycles. The molecule has 0 spiro atoms. The Labute approximate surface area is 175 Å². The van der Waals surface area contributed by atoms with Crippen LogP contribution >= 0.6 is 11.3 Å². The van der Waals surface area contributed by atoms with E-state index in [2.05, 4.69) is 15.3 Å². The highest BCUT2D eigenvalue weighted by molar-refractivity contribution is 7.12.